The van der Waals surface area contributed by atoms with Crippen molar-refractivity contribution in [3.8, 4) is 6.07 Å². The molecule has 1 aliphatic heterocycles. The van der Waals surface area contributed by atoms with Gasteiger partial charge >= 0.3 is 0 Å². The molecule has 0 amide bonds. The maximum absolute atomic E-state index is 13.6. The number of allylic oxidation sites excluding steroid dienone is 2. The van der Waals surface area contributed by atoms with Crippen molar-refractivity contribution in [1.82, 2.24) is 19.4 Å². The Morgan fingerprint density at radius 1 is 1.26 bits per heavy atom. The lowest BCUT2D eigenvalue weighted by Gasteiger charge is -2.30. The van der Waals surface area contributed by atoms with Crippen LogP contribution in [0.15, 0.2) is 47.0 Å². The lowest BCUT2D eigenvalue weighted by Crippen LogP contribution is -2.44. The Bertz CT molecular complexity index is 1350. The Hall–Kier alpha value is -3.70. The van der Waals surface area contributed by atoms with Gasteiger partial charge in [-0.25, -0.2) is 4.98 Å². The van der Waals surface area contributed by atoms with Crippen molar-refractivity contribution in [2.24, 2.45) is 0 Å². The van der Waals surface area contributed by atoms with Crippen LogP contribution in [-0.2, 0) is 19.5 Å². The minimum atomic E-state index is -0.315. The highest BCUT2D eigenvalue weighted by Crippen LogP contribution is 2.30. The maximum atomic E-state index is 13.6. The molecular weight excluding hydrogens is 428 g/mol. The Balaban J connectivity index is 1.84. The molecule has 0 radical (unpaired) electrons. The van der Waals surface area contributed by atoms with E-state index >= 15 is 0 Å². The van der Waals surface area contributed by atoms with Crippen LogP contribution in [0, 0.1) is 11.3 Å². The average molecular weight is 459 g/mol. The number of aromatic nitrogens is 3. The molecule has 8 nitrogen and oxygen atoms in total. The first-order valence-corrected chi connectivity index (χ1v) is 11.7. The van der Waals surface area contributed by atoms with Crippen LogP contribution in [0.25, 0.3) is 11.0 Å². The van der Waals surface area contributed by atoms with Crippen molar-refractivity contribution in [3.63, 3.8) is 0 Å². The minimum Gasteiger partial charge on any atom is -0.354 e. The van der Waals surface area contributed by atoms with Crippen molar-refractivity contribution in [3.05, 3.63) is 69.3 Å². The number of aryl methyl sites for hydroxylation is 1. The monoisotopic (exact) mass is 458 g/mol. The van der Waals surface area contributed by atoms with Crippen LogP contribution >= 0.6 is 0 Å². The smallest absolute Gasteiger partial charge is 0.278 e. The number of nitrogens with one attached hydrogen (secondary N) is 1. The second-order valence-electron chi connectivity index (χ2n) is 8.79. The predicted molar refractivity (Wildman–Crippen MR) is 133 cm³/mol. The van der Waals surface area contributed by atoms with E-state index in [9.17, 15) is 14.9 Å². The second-order valence-corrected chi connectivity index (χ2v) is 8.79. The first kappa shape index (κ1) is 23.5. The summed E-state index contributed by atoms with van der Waals surface area (Å²) >= 11 is 0. The van der Waals surface area contributed by atoms with E-state index in [0.29, 0.717) is 28.7 Å². The van der Waals surface area contributed by atoms with E-state index in [1.54, 1.807) is 6.07 Å². The Morgan fingerprint density at radius 3 is 2.71 bits per heavy atom. The molecule has 0 spiro atoms. The molecule has 1 N–H and O–H groups in total. The normalized spacial score (nSPS) is 13.6. The molecule has 1 aromatic carbocycles. The molecular formula is C26H30N6O2. The van der Waals surface area contributed by atoms with E-state index in [2.05, 4.69) is 21.3 Å². The average Bonchev–Trinajstić information content (AvgIpc) is 3.18. The number of hydrogen-bond acceptors (Lipinski definition) is 6. The molecule has 0 aliphatic carbocycles. The number of fused-ring (bicyclic) bond motifs is 1. The molecule has 2 aromatic heterocycles. The van der Waals surface area contributed by atoms with E-state index < -0.39 is 0 Å². The number of nitrogens with zero attached hydrogens (tertiary/aromatic N) is 5. The molecule has 3 aromatic rings. The molecule has 176 valence electrons. The molecule has 1 aliphatic rings. The number of piperazine rings is 1. The number of Topliss-reactive ketones (excluding diaryl/α,β-unsaturated/α-hetero) is 1. The van der Waals surface area contributed by atoms with Gasteiger partial charge < -0.3 is 14.8 Å². The van der Waals surface area contributed by atoms with Crippen molar-refractivity contribution >= 4 is 22.6 Å². The summed E-state index contributed by atoms with van der Waals surface area (Å²) in [6.45, 7) is 9.47. The summed E-state index contributed by atoms with van der Waals surface area (Å²) < 4.78 is 3.24. The lowest BCUT2D eigenvalue weighted by molar-refractivity contribution is 0.0970. The number of carbonyl (C=O) groups excluding carboxylic acids is 1. The summed E-state index contributed by atoms with van der Waals surface area (Å²) in [4.78, 5) is 33.3. The summed E-state index contributed by atoms with van der Waals surface area (Å²) in [6, 6.07) is 9.77. The van der Waals surface area contributed by atoms with Gasteiger partial charge in [0, 0.05) is 38.3 Å². The van der Waals surface area contributed by atoms with E-state index in [0.717, 1.165) is 49.6 Å². The van der Waals surface area contributed by atoms with Gasteiger partial charge in [-0.2, -0.15) is 5.26 Å². The molecule has 0 unspecified atom stereocenters. The number of nitriles is 1. The number of carbonyl (C=O) groups is 1. The fourth-order valence-corrected chi connectivity index (χ4v) is 4.33. The van der Waals surface area contributed by atoms with Crippen LogP contribution < -0.4 is 15.8 Å². The molecule has 3 heterocycles. The highest BCUT2D eigenvalue weighted by molar-refractivity contribution is 5.96. The van der Waals surface area contributed by atoms with Gasteiger partial charge in [0.15, 0.2) is 5.78 Å². The van der Waals surface area contributed by atoms with Crippen LogP contribution in [0.4, 0.5) is 5.82 Å². The fourth-order valence-electron chi connectivity index (χ4n) is 4.33. The minimum absolute atomic E-state index is 0.104. The maximum Gasteiger partial charge on any atom is 0.278 e. The van der Waals surface area contributed by atoms with Gasteiger partial charge in [0.25, 0.3) is 5.56 Å². The van der Waals surface area contributed by atoms with Crippen molar-refractivity contribution in [1.29, 1.82) is 5.26 Å². The number of ketones is 1. The highest BCUT2D eigenvalue weighted by Gasteiger charge is 2.26. The summed E-state index contributed by atoms with van der Waals surface area (Å²) in [5.74, 6) is 0.574. The van der Waals surface area contributed by atoms with Crippen LogP contribution in [0.3, 0.4) is 0 Å². The van der Waals surface area contributed by atoms with Crippen LogP contribution in [0.1, 0.15) is 42.3 Å². The van der Waals surface area contributed by atoms with Crippen LogP contribution in [-0.4, -0.2) is 46.1 Å². The van der Waals surface area contributed by atoms with Crippen molar-refractivity contribution in [2.75, 3.05) is 31.1 Å². The van der Waals surface area contributed by atoms with Gasteiger partial charge in [0.05, 0.1) is 12.9 Å². The molecule has 1 fully saturated rings. The fraction of sp³-hybridized carbons (Fsp3) is 0.385. The topological polar surface area (TPSA) is 95.9 Å². The third-order valence-electron chi connectivity index (χ3n) is 6.18. The molecule has 0 atom stereocenters. The zero-order valence-corrected chi connectivity index (χ0v) is 20.0. The molecule has 1 saturated heterocycles. The SMILES string of the molecule is CCc1cccc(C(=O)Cn2cnc3c(C#N)c(N4CCNCC4)n(CC=C(C)C)c3c2=O)c1. The van der Waals surface area contributed by atoms with Gasteiger partial charge in [-0.1, -0.05) is 36.8 Å². The van der Waals surface area contributed by atoms with Gasteiger partial charge in [-0.3, -0.25) is 14.2 Å². The number of anilines is 1. The summed E-state index contributed by atoms with van der Waals surface area (Å²) in [6.07, 6.45) is 4.25. The summed E-state index contributed by atoms with van der Waals surface area (Å²) in [7, 11) is 0. The Morgan fingerprint density at radius 2 is 2.03 bits per heavy atom. The quantitative estimate of drug-likeness (QED) is 0.432. The molecule has 0 bridgehead atoms. The van der Waals surface area contributed by atoms with Gasteiger partial charge in [-0.05, 0) is 31.9 Å². The molecule has 8 heteroatoms. The first-order chi connectivity index (χ1) is 16.4. The zero-order chi connectivity index (χ0) is 24.2. The largest absolute Gasteiger partial charge is 0.354 e. The lowest BCUT2D eigenvalue weighted by atomic mass is 10.1. The first-order valence-electron chi connectivity index (χ1n) is 11.7. The van der Waals surface area contributed by atoms with Gasteiger partial charge in [0.2, 0.25) is 0 Å². The van der Waals surface area contributed by atoms with Crippen LogP contribution in [0.5, 0.6) is 0 Å². The Kier molecular flexibility index (Phi) is 6.94. The third kappa shape index (κ3) is 4.52. The Labute approximate surface area is 199 Å². The van der Waals surface area contributed by atoms with E-state index in [-0.39, 0.29) is 17.9 Å². The molecule has 0 saturated carbocycles. The van der Waals surface area contributed by atoms with E-state index in [1.165, 1.54) is 10.9 Å². The number of hydrogen-bond donors (Lipinski definition) is 1. The van der Waals surface area contributed by atoms with E-state index in [1.807, 2.05) is 49.6 Å². The number of benzene rings is 1. The zero-order valence-electron chi connectivity index (χ0n) is 20.0. The van der Waals surface area contributed by atoms with Crippen molar-refractivity contribution < 1.29 is 4.79 Å². The summed E-state index contributed by atoms with van der Waals surface area (Å²) in [5.41, 5.74) is 3.60. The summed E-state index contributed by atoms with van der Waals surface area (Å²) in [5, 5.41) is 13.3. The molecule has 4 rings (SSSR count). The van der Waals surface area contributed by atoms with Gasteiger partial charge in [0.1, 0.15) is 28.5 Å². The predicted octanol–water partition coefficient (Wildman–Crippen LogP) is 2.89. The third-order valence-corrected chi connectivity index (χ3v) is 6.18. The molecule has 34 heavy (non-hydrogen) atoms. The standard InChI is InChI=1S/C26H30N6O2/c1-4-19-6-5-7-20(14-19)22(33)16-31-17-29-23-21(15-27)25(30-12-9-28-10-13-30)32(11-8-18(2)3)24(23)26(31)34/h5-8,14,17,28H,4,9-13,16H2,1-3H3. The van der Waals surface area contributed by atoms with E-state index in [4.69, 9.17) is 0 Å². The number of rotatable bonds is 7. The second kappa shape index (κ2) is 10.1. The van der Waals surface area contributed by atoms with Gasteiger partial charge in [-0.15, -0.1) is 0 Å². The highest BCUT2D eigenvalue weighted by atomic mass is 16.1. The van der Waals surface area contributed by atoms with Crippen LogP contribution in [0.2, 0.25) is 0 Å². The van der Waals surface area contributed by atoms with Crippen molar-refractivity contribution in [2.45, 2.75) is 40.3 Å².